The fourth-order valence-corrected chi connectivity index (χ4v) is 5.07. The molecule has 4 aromatic carbocycles. The van der Waals surface area contributed by atoms with Crippen LogP contribution in [0, 0.1) is 45.3 Å². The van der Waals surface area contributed by atoms with E-state index in [1.807, 2.05) is 0 Å². The van der Waals surface area contributed by atoms with Crippen molar-refractivity contribution >= 4 is 57.5 Å². The minimum absolute atomic E-state index is 0.0398. The van der Waals surface area contributed by atoms with Gasteiger partial charge >= 0.3 is 0 Å². The van der Waals surface area contributed by atoms with E-state index in [4.69, 9.17) is 4.74 Å². The topological polar surface area (TPSA) is 294 Å². The quantitative estimate of drug-likeness (QED) is 0.0992. The molecule has 2 aromatic heterocycles. The van der Waals surface area contributed by atoms with Gasteiger partial charge in [0.25, 0.3) is 17.7 Å². The molecule has 0 aliphatic carbocycles. The Hall–Kier alpha value is -8.87. The molecule has 18 nitrogen and oxygen atoms in total. The summed E-state index contributed by atoms with van der Waals surface area (Å²) in [5, 5.41) is 65.0. The average molecular weight is 716 g/mol. The van der Waals surface area contributed by atoms with Crippen LogP contribution >= 0.6 is 0 Å². The number of azo groups is 1. The van der Waals surface area contributed by atoms with Crippen LogP contribution in [0.1, 0.15) is 53.8 Å². The number of rotatable bonds is 9. The first kappa shape index (κ1) is 35.0. The van der Waals surface area contributed by atoms with Crippen LogP contribution in [0.2, 0.25) is 0 Å². The number of ether oxygens (including phenoxy) is 1. The highest BCUT2D eigenvalue weighted by Crippen LogP contribution is 2.41. The van der Waals surface area contributed by atoms with Crippen molar-refractivity contribution in [3.05, 3.63) is 112 Å². The van der Waals surface area contributed by atoms with Gasteiger partial charge in [-0.15, -0.1) is 10.2 Å². The molecule has 3 amide bonds. The van der Waals surface area contributed by atoms with Crippen molar-refractivity contribution in [1.82, 2.24) is 19.9 Å². The summed E-state index contributed by atoms with van der Waals surface area (Å²) in [6.07, 6.45) is 0. The first-order valence-electron chi connectivity index (χ1n) is 15.3. The van der Waals surface area contributed by atoms with Gasteiger partial charge in [0.2, 0.25) is 11.9 Å². The maximum absolute atomic E-state index is 13.5. The monoisotopic (exact) mass is 715 g/mol. The highest BCUT2D eigenvalue weighted by atomic mass is 16.5. The van der Waals surface area contributed by atoms with Crippen LogP contribution in [0.3, 0.4) is 0 Å². The van der Waals surface area contributed by atoms with Crippen LogP contribution in [0.5, 0.6) is 11.5 Å². The standard InChI is InChI=1S/C36H21N13O5/c1-54-29-10-8-19(32(51)41-21-5-3-2-4-6-21)13-24(29)48-49-30-22-9-7-18(33(52)46-35-42-25(14-37)26(15-38)43-35)11-20(22)12-23(31(30)50)34(53)47-36-44-27(16-39)28(17-40)45-36/h2-13,50H,1H3,(H,41,51)(H2,42,43,46,52)(H2,44,45,47,53). The van der Waals surface area contributed by atoms with Crippen LogP contribution in [-0.2, 0) is 0 Å². The lowest BCUT2D eigenvalue weighted by atomic mass is 10.0. The lowest BCUT2D eigenvalue weighted by molar-refractivity contribution is 0.101. The van der Waals surface area contributed by atoms with Gasteiger partial charge in [0.1, 0.15) is 41.4 Å². The predicted octanol–water partition coefficient (Wildman–Crippen LogP) is 5.66. The first-order chi connectivity index (χ1) is 26.2. The van der Waals surface area contributed by atoms with Gasteiger partial charge in [0.05, 0.1) is 12.7 Å². The molecule has 6 N–H and O–H groups in total. The van der Waals surface area contributed by atoms with Gasteiger partial charge in [-0.2, -0.15) is 21.0 Å². The third-order valence-electron chi connectivity index (χ3n) is 7.63. The second-order valence-electron chi connectivity index (χ2n) is 10.9. The maximum atomic E-state index is 13.5. The number of nitriles is 4. The largest absolute Gasteiger partial charge is 0.505 e. The van der Waals surface area contributed by atoms with E-state index in [1.54, 1.807) is 54.6 Å². The molecule has 0 saturated carbocycles. The molecule has 0 aliphatic rings. The number of carbonyl (C=O) groups excluding carboxylic acids is 3. The maximum Gasteiger partial charge on any atom is 0.261 e. The normalized spacial score (nSPS) is 10.5. The Kier molecular flexibility index (Phi) is 9.67. The van der Waals surface area contributed by atoms with Crippen molar-refractivity contribution < 1.29 is 24.2 Å². The van der Waals surface area contributed by atoms with E-state index in [2.05, 4.69) is 46.1 Å². The number of H-pyrrole nitrogens is 2. The van der Waals surface area contributed by atoms with Gasteiger partial charge in [-0.25, -0.2) is 9.97 Å². The van der Waals surface area contributed by atoms with Crippen LogP contribution in [0.25, 0.3) is 10.8 Å². The van der Waals surface area contributed by atoms with Gasteiger partial charge < -0.3 is 25.1 Å². The summed E-state index contributed by atoms with van der Waals surface area (Å²) >= 11 is 0. The number of aromatic amines is 2. The lowest BCUT2D eigenvalue weighted by Gasteiger charge is -2.12. The summed E-state index contributed by atoms with van der Waals surface area (Å²) in [5.41, 5.74) is -0.518. The zero-order valence-electron chi connectivity index (χ0n) is 27.6. The summed E-state index contributed by atoms with van der Waals surface area (Å²) in [5.74, 6) is -2.93. The van der Waals surface area contributed by atoms with Gasteiger partial charge in [-0.3, -0.25) is 25.0 Å². The number of benzene rings is 4. The van der Waals surface area contributed by atoms with Gasteiger partial charge in [-0.05, 0) is 53.9 Å². The Balaban J connectivity index is 1.41. The first-order valence-corrected chi connectivity index (χ1v) is 15.3. The van der Waals surface area contributed by atoms with E-state index in [0.717, 1.165) is 0 Å². The number of aromatic hydroxyl groups is 1. The molecule has 18 heteroatoms. The van der Waals surface area contributed by atoms with E-state index in [0.29, 0.717) is 5.69 Å². The predicted molar refractivity (Wildman–Crippen MR) is 189 cm³/mol. The number of fused-ring (bicyclic) bond motifs is 1. The fourth-order valence-electron chi connectivity index (χ4n) is 5.07. The molecular weight excluding hydrogens is 694 g/mol. The van der Waals surface area contributed by atoms with Crippen molar-refractivity contribution in [2.45, 2.75) is 0 Å². The van der Waals surface area contributed by atoms with Gasteiger partial charge in [-0.1, -0.05) is 24.3 Å². The molecule has 2 heterocycles. The van der Waals surface area contributed by atoms with Gasteiger partial charge in [0.15, 0.2) is 28.5 Å². The molecular formula is C36H21N13O5. The molecule has 6 aromatic rings. The van der Waals surface area contributed by atoms with Crippen molar-refractivity contribution in [3.63, 3.8) is 0 Å². The molecule has 0 fully saturated rings. The SMILES string of the molecule is COc1ccc(C(=O)Nc2ccccc2)cc1N=Nc1c(O)c(C(=O)Nc2nc(C#N)c(C#N)[nH]2)cc2cc(C(=O)Nc3nc(C#N)c(C#N)[nH]3)ccc12. The van der Waals surface area contributed by atoms with Crippen molar-refractivity contribution in [3.8, 4) is 35.8 Å². The second kappa shape index (κ2) is 14.9. The Morgan fingerprint density at radius 2 is 1.31 bits per heavy atom. The highest BCUT2D eigenvalue weighted by molar-refractivity contribution is 6.13. The average Bonchev–Trinajstić information content (AvgIpc) is 3.79. The molecule has 0 unspecified atom stereocenters. The number of hydrogen-bond donors (Lipinski definition) is 6. The third kappa shape index (κ3) is 7.06. The number of amides is 3. The zero-order valence-corrected chi connectivity index (χ0v) is 27.6. The van der Waals surface area contributed by atoms with E-state index in [9.17, 15) is 40.5 Å². The number of hydrogen-bond acceptors (Lipinski definition) is 13. The molecule has 0 radical (unpaired) electrons. The third-order valence-corrected chi connectivity index (χ3v) is 7.63. The molecule has 0 atom stereocenters. The Morgan fingerprint density at radius 1 is 0.722 bits per heavy atom. The minimum Gasteiger partial charge on any atom is -0.505 e. The molecule has 6 rings (SSSR count). The summed E-state index contributed by atoms with van der Waals surface area (Å²) in [6, 6.07) is 25.7. The smallest absolute Gasteiger partial charge is 0.261 e. The number of phenols is 1. The Labute approximate surface area is 303 Å². The number of nitrogens with zero attached hydrogens (tertiary/aromatic N) is 8. The van der Waals surface area contributed by atoms with Gasteiger partial charge in [0, 0.05) is 22.2 Å². The summed E-state index contributed by atoms with van der Waals surface area (Å²) < 4.78 is 5.42. The number of methoxy groups -OCH3 is 1. The number of phenolic OH excluding ortho intramolecular Hbond substituents is 1. The molecule has 0 spiro atoms. The second-order valence-corrected chi connectivity index (χ2v) is 10.9. The summed E-state index contributed by atoms with van der Waals surface area (Å²) in [6.45, 7) is 0. The fraction of sp³-hybridized carbons (Fsp3) is 0.0278. The molecule has 54 heavy (non-hydrogen) atoms. The summed E-state index contributed by atoms with van der Waals surface area (Å²) in [7, 11) is 1.39. The number of nitrogens with one attached hydrogen (secondary N) is 5. The number of aromatic nitrogens is 4. The summed E-state index contributed by atoms with van der Waals surface area (Å²) in [4.78, 5) is 52.6. The van der Waals surface area contributed by atoms with E-state index in [-0.39, 0.29) is 79.3 Å². The number of imidazole rings is 2. The number of anilines is 3. The van der Waals surface area contributed by atoms with Crippen LogP contribution in [-0.4, -0.2) is 49.9 Å². The Morgan fingerprint density at radius 3 is 1.91 bits per heavy atom. The van der Waals surface area contributed by atoms with Crippen LogP contribution in [0.15, 0.2) is 83.0 Å². The number of carbonyl (C=O) groups is 3. The lowest BCUT2D eigenvalue weighted by Crippen LogP contribution is -2.14. The van der Waals surface area contributed by atoms with Crippen LogP contribution in [0.4, 0.5) is 29.0 Å². The highest BCUT2D eigenvalue weighted by Gasteiger charge is 2.22. The van der Waals surface area contributed by atoms with Crippen molar-refractivity contribution in [1.29, 1.82) is 21.0 Å². The number of para-hydroxylation sites is 1. The minimum atomic E-state index is -0.941. The van der Waals surface area contributed by atoms with Crippen molar-refractivity contribution in [2.75, 3.05) is 23.1 Å². The van der Waals surface area contributed by atoms with E-state index in [1.165, 1.54) is 49.6 Å². The molecule has 0 aliphatic heterocycles. The molecule has 0 bridgehead atoms. The Bertz CT molecular complexity index is 2640. The molecule has 260 valence electrons. The van der Waals surface area contributed by atoms with E-state index < -0.39 is 23.5 Å². The van der Waals surface area contributed by atoms with E-state index >= 15 is 0 Å². The van der Waals surface area contributed by atoms with Crippen LogP contribution < -0.4 is 20.7 Å². The molecule has 0 saturated heterocycles. The zero-order chi connectivity index (χ0) is 38.4. The van der Waals surface area contributed by atoms with Crippen molar-refractivity contribution in [2.24, 2.45) is 10.2 Å².